The van der Waals surface area contributed by atoms with Crippen molar-refractivity contribution in [2.75, 3.05) is 4.90 Å². The largest absolute Gasteiger partial charge is 0.348 e. The molecule has 0 saturated heterocycles. The molecule has 0 aromatic carbocycles. The van der Waals surface area contributed by atoms with Crippen molar-refractivity contribution in [3.8, 4) is 11.4 Å². The van der Waals surface area contributed by atoms with Crippen LogP contribution in [0.2, 0.25) is 0 Å². The molecule has 0 spiro atoms. The molecule has 7 heteroatoms. The molecule has 1 aliphatic rings. The van der Waals surface area contributed by atoms with Crippen LogP contribution in [0.1, 0.15) is 18.4 Å². The molecule has 0 unspecified atom stereocenters. The van der Waals surface area contributed by atoms with E-state index in [9.17, 15) is 0 Å². The minimum Gasteiger partial charge on any atom is -0.348 e. The lowest BCUT2D eigenvalue weighted by atomic mass is 10.2. The number of nitrogens with zero attached hydrogens (tertiary/aromatic N) is 6. The molecule has 0 N–H and O–H groups in total. The van der Waals surface area contributed by atoms with Crippen molar-refractivity contribution in [2.24, 2.45) is 0 Å². The smallest absolute Gasteiger partial charge is 0.186 e. The van der Waals surface area contributed by atoms with Gasteiger partial charge in [0.25, 0.3) is 0 Å². The molecule has 0 amide bonds. The maximum absolute atomic E-state index is 4.85. The normalized spacial score (nSPS) is 14.1. The second kappa shape index (κ2) is 5.93. The summed E-state index contributed by atoms with van der Waals surface area (Å²) in [5.74, 6) is 1.74. The molecule has 5 rings (SSSR count). The summed E-state index contributed by atoms with van der Waals surface area (Å²) in [6, 6.07) is 10.7. The molecule has 124 valence electrons. The molecule has 25 heavy (non-hydrogen) atoms. The molecule has 0 atom stereocenters. The van der Waals surface area contributed by atoms with Crippen molar-refractivity contribution in [1.29, 1.82) is 0 Å². The highest BCUT2D eigenvalue weighted by Gasteiger charge is 2.30. The Morgan fingerprint density at radius 3 is 2.88 bits per heavy atom. The molecule has 4 aromatic heterocycles. The Morgan fingerprint density at radius 2 is 2.12 bits per heavy atom. The zero-order chi connectivity index (χ0) is 16.6. The number of rotatable bonds is 5. The van der Waals surface area contributed by atoms with Gasteiger partial charge in [-0.1, -0.05) is 6.07 Å². The van der Waals surface area contributed by atoms with Gasteiger partial charge in [0.2, 0.25) is 0 Å². The lowest BCUT2D eigenvalue weighted by Gasteiger charge is -2.23. The van der Waals surface area contributed by atoms with Crippen molar-refractivity contribution in [3.63, 3.8) is 0 Å². The van der Waals surface area contributed by atoms with Gasteiger partial charge in [0.15, 0.2) is 11.5 Å². The lowest BCUT2D eigenvalue weighted by Crippen LogP contribution is -2.26. The summed E-state index contributed by atoms with van der Waals surface area (Å²) >= 11 is 1.65. The minimum absolute atomic E-state index is 0.547. The van der Waals surface area contributed by atoms with Gasteiger partial charge in [-0.15, -0.1) is 15.3 Å². The Bertz CT molecular complexity index is 991. The van der Waals surface area contributed by atoms with Crippen molar-refractivity contribution in [2.45, 2.75) is 25.4 Å². The van der Waals surface area contributed by atoms with Gasteiger partial charge in [-0.05, 0) is 48.1 Å². The monoisotopic (exact) mass is 348 g/mol. The van der Waals surface area contributed by atoms with E-state index in [0.717, 1.165) is 29.4 Å². The van der Waals surface area contributed by atoms with Gasteiger partial charge in [-0.2, -0.15) is 15.9 Å². The first kappa shape index (κ1) is 14.5. The van der Waals surface area contributed by atoms with Gasteiger partial charge in [-0.25, -0.2) is 0 Å². The van der Waals surface area contributed by atoms with Crippen LogP contribution in [0.15, 0.2) is 53.5 Å². The zero-order valence-electron chi connectivity index (χ0n) is 13.5. The van der Waals surface area contributed by atoms with E-state index in [0.29, 0.717) is 6.04 Å². The molecule has 1 fully saturated rings. The number of hydrogen-bond acceptors (Lipinski definition) is 6. The van der Waals surface area contributed by atoms with Crippen LogP contribution in [0, 0.1) is 0 Å². The van der Waals surface area contributed by atoms with Crippen LogP contribution in [0.3, 0.4) is 0 Å². The van der Waals surface area contributed by atoms with Crippen LogP contribution in [0.5, 0.6) is 0 Å². The predicted molar refractivity (Wildman–Crippen MR) is 97.5 cm³/mol. The summed E-state index contributed by atoms with van der Waals surface area (Å²) in [6.07, 6.45) is 6.14. The maximum Gasteiger partial charge on any atom is 0.186 e. The molecule has 0 bridgehead atoms. The molecule has 1 saturated carbocycles. The Kier molecular flexibility index (Phi) is 3.45. The van der Waals surface area contributed by atoms with Gasteiger partial charge in [0.1, 0.15) is 5.82 Å². The van der Waals surface area contributed by atoms with Crippen molar-refractivity contribution < 1.29 is 0 Å². The number of anilines is 1. The average Bonchev–Trinajstić information content (AvgIpc) is 3.18. The quantitative estimate of drug-likeness (QED) is 0.553. The number of thiophene rings is 1. The number of fused-ring (bicyclic) bond motifs is 1. The number of pyridine rings is 1. The van der Waals surface area contributed by atoms with E-state index in [2.05, 4.69) is 31.5 Å². The molecule has 4 aromatic rings. The van der Waals surface area contributed by atoms with Crippen molar-refractivity contribution in [1.82, 2.24) is 24.8 Å². The highest BCUT2D eigenvalue weighted by atomic mass is 32.1. The Hall–Kier alpha value is -2.80. The summed E-state index contributed by atoms with van der Waals surface area (Å²) in [5.41, 5.74) is 3.01. The van der Waals surface area contributed by atoms with Gasteiger partial charge in [0.05, 0.1) is 0 Å². The number of aromatic nitrogens is 5. The standard InChI is InChI=1S/C18H16N6S/c1-2-13(10-19-8-1)11-23(15-3-4-15)17-6-5-16-20-21-18(24(16)22-17)14-7-9-25-12-14/h1-2,5-10,12,15H,3-4,11H2. The van der Waals surface area contributed by atoms with Crippen LogP contribution in [0.25, 0.3) is 17.0 Å². The van der Waals surface area contributed by atoms with Crippen LogP contribution < -0.4 is 4.90 Å². The fourth-order valence-electron chi connectivity index (χ4n) is 2.98. The van der Waals surface area contributed by atoms with E-state index in [1.807, 2.05) is 40.4 Å². The molecule has 1 aliphatic carbocycles. The average molecular weight is 348 g/mol. The highest BCUT2D eigenvalue weighted by Crippen LogP contribution is 2.32. The fourth-order valence-corrected chi connectivity index (χ4v) is 3.61. The summed E-state index contributed by atoms with van der Waals surface area (Å²) in [5, 5.41) is 17.5. The molecular formula is C18H16N6S. The molecule has 0 aliphatic heterocycles. The first-order chi connectivity index (χ1) is 12.4. The zero-order valence-corrected chi connectivity index (χ0v) is 14.3. The van der Waals surface area contributed by atoms with E-state index >= 15 is 0 Å². The Morgan fingerprint density at radius 1 is 1.16 bits per heavy atom. The highest BCUT2D eigenvalue weighted by molar-refractivity contribution is 7.08. The van der Waals surface area contributed by atoms with Crippen LogP contribution in [-0.2, 0) is 6.54 Å². The van der Waals surface area contributed by atoms with Crippen molar-refractivity contribution >= 4 is 22.8 Å². The summed E-state index contributed by atoms with van der Waals surface area (Å²) < 4.78 is 1.84. The van der Waals surface area contributed by atoms with E-state index in [4.69, 9.17) is 5.10 Å². The Balaban J connectivity index is 1.55. The minimum atomic E-state index is 0.547. The second-order valence-corrected chi connectivity index (χ2v) is 7.00. The topological polar surface area (TPSA) is 59.2 Å². The van der Waals surface area contributed by atoms with Crippen molar-refractivity contribution in [3.05, 3.63) is 59.0 Å². The van der Waals surface area contributed by atoms with E-state index < -0.39 is 0 Å². The fraction of sp³-hybridized carbons (Fsp3) is 0.222. The third-order valence-corrected chi connectivity index (χ3v) is 5.07. The number of hydrogen-bond donors (Lipinski definition) is 0. The van der Waals surface area contributed by atoms with Gasteiger partial charge >= 0.3 is 0 Å². The van der Waals surface area contributed by atoms with Gasteiger partial charge < -0.3 is 4.90 Å². The van der Waals surface area contributed by atoms with Crippen LogP contribution in [-0.4, -0.2) is 30.8 Å². The van der Waals surface area contributed by atoms with Gasteiger partial charge in [0, 0.05) is 35.9 Å². The second-order valence-electron chi connectivity index (χ2n) is 6.22. The third-order valence-electron chi connectivity index (χ3n) is 4.39. The first-order valence-electron chi connectivity index (χ1n) is 8.29. The maximum atomic E-state index is 4.85. The summed E-state index contributed by atoms with van der Waals surface area (Å²) in [7, 11) is 0. The van der Waals surface area contributed by atoms with Crippen LogP contribution in [0.4, 0.5) is 5.82 Å². The van der Waals surface area contributed by atoms with Gasteiger partial charge in [-0.3, -0.25) is 4.98 Å². The summed E-state index contributed by atoms with van der Waals surface area (Å²) in [4.78, 5) is 6.58. The molecular weight excluding hydrogens is 332 g/mol. The Labute approximate surface area is 148 Å². The third kappa shape index (κ3) is 2.76. The summed E-state index contributed by atoms with van der Waals surface area (Å²) in [6.45, 7) is 0.812. The lowest BCUT2D eigenvalue weighted by molar-refractivity contribution is 0.753. The molecule has 0 radical (unpaired) electrons. The first-order valence-corrected chi connectivity index (χ1v) is 9.23. The van der Waals surface area contributed by atoms with E-state index in [1.54, 1.807) is 17.5 Å². The van der Waals surface area contributed by atoms with E-state index in [1.165, 1.54) is 18.4 Å². The predicted octanol–water partition coefficient (Wildman–Crippen LogP) is 3.42. The molecule has 6 nitrogen and oxygen atoms in total. The van der Waals surface area contributed by atoms with Crippen LogP contribution >= 0.6 is 11.3 Å². The SMILES string of the molecule is c1cncc(CN(c2ccc3nnc(-c4ccsc4)n3n2)C2CC2)c1. The van der Waals surface area contributed by atoms with E-state index in [-0.39, 0.29) is 0 Å². The molecule has 4 heterocycles.